The van der Waals surface area contributed by atoms with Crippen molar-refractivity contribution in [3.05, 3.63) is 28.8 Å². The van der Waals surface area contributed by atoms with Crippen LogP contribution in [0.1, 0.15) is 13.3 Å². The first kappa shape index (κ1) is 11.8. The highest BCUT2D eigenvalue weighted by molar-refractivity contribution is 7.71. The number of benzene rings is 1. The van der Waals surface area contributed by atoms with E-state index >= 15 is 0 Å². The highest BCUT2D eigenvalue weighted by Crippen LogP contribution is 2.24. The second-order valence-electron chi connectivity index (χ2n) is 3.67. The van der Waals surface area contributed by atoms with Crippen LogP contribution < -0.4 is 0 Å². The summed E-state index contributed by atoms with van der Waals surface area (Å²) in [5.41, 5.74) is 0.323. The molecule has 0 saturated carbocycles. The van der Waals surface area contributed by atoms with Gasteiger partial charge < -0.3 is 9.67 Å². The number of hydrogen-bond donors (Lipinski definition) is 2. The smallest absolute Gasteiger partial charge is 0.195 e. The van der Waals surface area contributed by atoms with E-state index in [1.165, 1.54) is 12.1 Å². The van der Waals surface area contributed by atoms with E-state index in [0.717, 1.165) is 12.5 Å². The lowest BCUT2D eigenvalue weighted by atomic mass is 10.2. The molecule has 1 heterocycles. The van der Waals surface area contributed by atoms with E-state index in [1.807, 2.05) is 6.92 Å². The van der Waals surface area contributed by atoms with Crippen LogP contribution in [0.15, 0.2) is 18.2 Å². The Balaban J connectivity index is 2.56. The Hall–Kier alpha value is -1.69. The van der Waals surface area contributed by atoms with E-state index < -0.39 is 5.82 Å². The van der Waals surface area contributed by atoms with Crippen molar-refractivity contribution in [2.75, 3.05) is 0 Å². The lowest BCUT2D eigenvalue weighted by Crippen LogP contribution is -2.01. The molecule has 90 valence electrons. The van der Waals surface area contributed by atoms with Gasteiger partial charge in [-0.05, 0) is 30.8 Å². The van der Waals surface area contributed by atoms with E-state index in [2.05, 4.69) is 10.2 Å². The van der Waals surface area contributed by atoms with Gasteiger partial charge in [-0.15, -0.1) is 0 Å². The van der Waals surface area contributed by atoms with E-state index in [-0.39, 0.29) is 5.75 Å². The lowest BCUT2D eigenvalue weighted by Gasteiger charge is -2.06. The van der Waals surface area contributed by atoms with Crippen LogP contribution in [-0.2, 0) is 6.54 Å². The van der Waals surface area contributed by atoms with Gasteiger partial charge in [0.15, 0.2) is 10.6 Å². The molecule has 1 aromatic carbocycles. The summed E-state index contributed by atoms with van der Waals surface area (Å²) in [6.07, 6.45) is 0.876. The van der Waals surface area contributed by atoms with Crippen molar-refractivity contribution >= 4 is 12.2 Å². The zero-order valence-corrected chi connectivity index (χ0v) is 10.1. The normalized spacial score (nSPS) is 10.7. The quantitative estimate of drug-likeness (QED) is 0.827. The third kappa shape index (κ3) is 2.21. The Kier molecular flexibility index (Phi) is 3.23. The summed E-state index contributed by atoms with van der Waals surface area (Å²) in [6.45, 7) is 2.68. The minimum absolute atomic E-state index is 0.109. The van der Waals surface area contributed by atoms with Gasteiger partial charge in [-0.2, -0.15) is 5.10 Å². The molecule has 0 unspecified atom stereocenters. The predicted octanol–water partition coefficient (Wildman–Crippen LogP) is 2.86. The van der Waals surface area contributed by atoms with Gasteiger partial charge >= 0.3 is 0 Å². The maximum absolute atomic E-state index is 13.7. The molecule has 0 bridgehead atoms. The van der Waals surface area contributed by atoms with Crippen LogP contribution in [0.5, 0.6) is 5.75 Å². The van der Waals surface area contributed by atoms with Crippen molar-refractivity contribution in [2.45, 2.75) is 19.9 Å². The zero-order valence-electron chi connectivity index (χ0n) is 9.27. The van der Waals surface area contributed by atoms with Crippen LogP contribution in [0.25, 0.3) is 11.4 Å². The second-order valence-corrected chi connectivity index (χ2v) is 4.05. The first-order chi connectivity index (χ1) is 8.13. The van der Waals surface area contributed by atoms with Gasteiger partial charge in [0, 0.05) is 12.6 Å². The molecule has 0 saturated heterocycles. The van der Waals surface area contributed by atoms with Crippen molar-refractivity contribution in [2.24, 2.45) is 0 Å². The van der Waals surface area contributed by atoms with Gasteiger partial charge in [0.25, 0.3) is 0 Å². The monoisotopic (exact) mass is 253 g/mol. The Labute approximate surface area is 103 Å². The van der Waals surface area contributed by atoms with Crippen LogP contribution in [0.3, 0.4) is 0 Å². The lowest BCUT2D eigenvalue weighted by molar-refractivity contribution is 0.469. The van der Waals surface area contributed by atoms with Crippen molar-refractivity contribution in [1.29, 1.82) is 0 Å². The number of phenols is 1. The fourth-order valence-corrected chi connectivity index (χ4v) is 1.86. The topological polar surface area (TPSA) is 53.8 Å². The molecular formula is C11H12FN3OS. The average molecular weight is 253 g/mol. The predicted molar refractivity (Wildman–Crippen MR) is 64.8 cm³/mol. The summed E-state index contributed by atoms with van der Waals surface area (Å²) in [5.74, 6) is -0.173. The minimum atomic E-state index is -0.517. The number of halogens is 1. The molecule has 0 radical (unpaired) electrons. The molecule has 6 heteroatoms. The minimum Gasteiger partial charge on any atom is -0.508 e. The van der Waals surface area contributed by atoms with Crippen LogP contribution in [0.4, 0.5) is 4.39 Å². The Bertz CT molecular complexity index is 591. The molecule has 2 N–H and O–H groups in total. The summed E-state index contributed by atoms with van der Waals surface area (Å²) >= 11 is 5.08. The molecule has 0 aliphatic carbocycles. The molecule has 2 rings (SSSR count). The molecular weight excluding hydrogens is 241 g/mol. The summed E-state index contributed by atoms with van der Waals surface area (Å²) < 4.78 is 15.9. The largest absolute Gasteiger partial charge is 0.508 e. The molecule has 0 aliphatic rings. The Morgan fingerprint density at radius 2 is 2.29 bits per heavy atom. The zero-order chi connectivity index (χ0) is 12.4. The number of rotatable bonds is 3. The molecule has 17 heavy (non-hydrogen) atoms. The molecule has 0 fully saturated rings. The van der Waals surface area contributed by atoms with Crippen LogP contribution in [0, 0.1) is 10.6 Å². The number of nitrogens with zero attached hydrogens (tertiary/aromatic N) is 2. The van der Waals surface area contributed by atoms with Gasteiger partial charge in [0.2, 0.25) is 0 Å². The SMILES string of the molecule is CCCn1c(-c2ccc(O)cc2F)n[nH]c1=S. The van der Waals surface area contributed by atoms with Gasteiger partial charge in [-0.3, -0.25) is 5.10 Å². The Morgan fingerprint density at radius 1 is 1.53 bits per heavy atom. The van der Waals surface area contributed by atoms with E-state index in [1.54, 1.807) is 4.57 Å². The highest BCUT2D eigenvalue weighted by Gasteiger charge is 2.13. The van der Waals surface area contributed by atoms with Crippen molar-refractivity contribution in [1.82, 2.24) is 14.8 Å². The van der Waals surface area contributed by atoms with Crippen LogP contribution in [0.2, 0.25) is 0 Å². The third-order valence-electron chi connectivity index (χ3n) is 2.40. The first-order valence-electron chi connectivity index (χ1n) is 5.27. The van der Waals surface area contributed by atoms with Crippen LogP contribution in [-0.4, -0.2) is 19.9 Å². The number of aromatic amines is 1. The molecule has 0 atom stereocenters. The van der Waals surface area contributed by atoms with Crippen molar-refractivity contribution in [3.8, 4) is 17.1 Å². The molecule has 0 aliphatic heterocycles. The van der Waals surface area contributed by atoms with Crippen molar-refractivity contribution in [3.63, 3.8) is 0 Å². The molecule has 1 aromatic heterocycles. The molecule has 4 nitrogen and oxygen atoms in total. The van der Waals surface area contributed by atoms with Crippen LogP contribution >= 0.6 is 12.2 Å². The van der Waals surface area contributed by atoms with Gasteiger partial charge in [0.05, 0.1) is 5.56 Å². The number of nitrogens with one attached hydrogen (secondary N) is 1. The first-order valence-corrected chi connectivity index (χ1v) is 5.68. The number of aromatic nitrogens is 3. The van der Waals surface area contributed by atoms with Gasteiger partial charge in [0.1, 0.15) is 11.6 Å². The van der Waals surface area contributed by atoms with E-state index in [4.69, 9.17) is 17.3 Å². The fraction of sp³-hybridized carbons (Fsp3) is 0.273. The van der Waals surface area contributed by atoms with Gasteiger partial charge in [-0.1, -0.05) is 6.92 Å². The average Bonchev–Trinajstić information content (AvgIpc) is 2.62. The number of aromatic hydroxyl groups is 1. The second kappa shape index (κ2) is 4.67. The molecule has 2 aromatic rings. The highest BCUT2D eigenvalue weighted by atomic mass is 32.1. The maximum atomic E-state index is 13.7. The third-order valence-corrected chi connectivity index (χ3v) is 2.71. The summed E-state index contributed by atoms with van der Waals surface area (Å²) in [7, 11) is 0. The summed E-state index contributed by atoms with van der Waals surface area (Å²) in [6, 6.07) is 3.97. The van der Waals surface area contributed by atoms with E-state index in [9.17, 15) is 4.39 Å². The van der Waals surface area contributed by atoms with Crippen molar-refractivity contribution < 1.29 is 9.50 Å². The van der Waals surface area contributed by atoms with E-state index in [0.29, 0.717) is 22.7 Å². The number of phenolic OH excluding ortho intramolecular Hbond substituents is 1. The number of H-pyrrole nitrogens is 1. The maximum Gasteiger partial charge on any atom is 0.195 e. The Morgan fingerprint density at radius 3 is 2.94 bits per heavy atom. The molecule has 0 spiro atoms. The fourth-order valence-electron chi connectivity index (χ4n) is 1.64. The summed E-state index contributed by atoms with van der Waals surface area (Å²) in [4.78, 5) is 0. The standard InChI is InChI=1S/C11H12FN3OS/c1-2-5-15-10(13-14-11(15)17)8-4-3-7(16)6-9(8)12/h3-4,6,16H,2,5H2,1H3,(H,14,17). The molecule has 0 amide bonds. The van der Waals surface area contributed by atoms with Gasteiger partial charge in [-0.25, -0.2) is 4.39 Å². The summed E-state index contributed by atoms with van der Waals surface area (Å²) in [5, 5.41) is 15.8. The number of hydrogen-bond acceptors (Lipinski definition) is 3.